The summed E-state index contributed by atoms with van der Waals surface area (Å²) in [7, 11) is 3.27. The Kier molecular flexibility index (Phi) is 5.07. The van der Waals surface area contributed by atoms with Crippen molar-refractivity contribution >= 4 is 5.91 Å². The number of carbonyl (C=O) groups is 1. The number of ether oxygens (including phenoxy) is 2. The van der Waals surface area contributed by atoms with Crippen molar-refractivity contribution in [3.8, 4) is 11.5 Å². The topological polar surface area (TPSA) is 73.6 Å². The molecule has 1 fully saturated rings. The third-order valence-electron chi connectivity index (χ3n) is 4.12. The third-order valence-corrected chi connectivity index (χ3v) is 4.12. The Morgan fingerprint density at radius 3 is 2.62 bits per heavy atom. The largest absolute Gasteiger partial charge is 0.497 e. The Bertz CT molecular complexity index is 496. The minimum atomic E-state index is -0.668. The minimum Gasteiger partial charge on any atom is -0.497 e. The molecule has 1 aromatic rings. The second-order valence-corrected chi connectivity index (χ2v) is 5.55. The zero-order valence-corrected chi connectivity index (χ0v) is 12.8. The predicted molar refractivity (Wildman–Crippen MR) is 81.6 cm³/mol. The van der Waals surface area contributed by atoms with E-state index in [4.69, 9.17) is 15.2 Å². The number of nitrogens with two attached hydrogens (primary N) is 1. The van der Waals surface area contributed by atoms with Crippen molar-refractivity contribution in [1.82, 2.24) is 5.32 Å². The molecule has 1 aromatic carbocycles. The number of nitrogens with one attached hydrogen (secondary N) is 1. The first kappa shape index (κ1) is 15.6. The van der Waals surface area contributed by atoms with Gasteiger partial charge in [0.15, 0.2) is 0 Å². The maximum atomic E-state index is 12.1. The monoisotopic (exact) mass is 292 g/mol. The zero-order chi connectivity index (χ0) is 15.3. The molecule has 2 rings (SSSR count). The molecular weight excluding hydrogens is 268 g/mol. The van der Waals surface area contributed by atoms with E-state index in [1.165, 1.54) is 0 Å². The van der Waals surface area contributed by atoms with Gasteiger partial charge in [-0.2, -0.15) is 0 Å². The van der Waals surface area contributed by atoms with Gasteiger partial charge in [-0.15, -0.1) is 0 Å². The molecule has 0 saturated heterocycles. The fourth-order valence-electron chi connectivity index (χ4n) is 2.80. The average Bonchev–Trinajstić information content (AvgIpc) is 2.95. The molecule has 0 unspecified atom stereocenters. The Balaban J connectivity index is 1.92. The molecule has 1 aliphatic rings. The number of methoxy groups -OCH3 is 2. The summed E-state index contributed by atoms with van der Waals surface area (Å²) in [5.74, 6) is 1.54. The van der Waals surface area contributed by atoms with Crippen LogP contribution in [0.25, 0.3) is 0 Å². The van der Waals surface area contributed by atoms with E-state index in [1.54, 1.807) is 14.2 Å². The smallest absolute Gasteiger partial charge is 0.240 e. The Hall–Kier alpha value is -1.75. The van der Waals surface area contributed by atoms with E-state index in [-0.39, 0.29) is 5.91 Å². The molecule has 0 aliphatic heterocycles. The van der Waals surface area contributed by atoms with Crippen LogP contribution in [0, 0.1) is 0 Å². The van der Waals surface area contributed by atoms with Gasteiger partial charge < -0.3 is 20.5 Å². The van der Waals surface area contributed by atoms with Crippen LogP contribution in [-0.4, -0.2) is 32.2 Å². The summed E-state index contributed by atoms with van der Waals surface area (Å²) in [4.78, 5) is 12.1. The van der Waals surface area contributed by atoms with E-state index >= 15 is 0 Å². The molecule has 0 atom stereocenters. The fraction of sp³-hybridized carbons (Fsp3) is 0.562. The molecule has 21 heavy (non-hydrogen) atoms. The van der Waals surface area contributed by atoms with Gasteiger partial charge in [0, 0.05) is 6.54 Å². The van der Waals surface area contributed by atoms with E-state index in [2.05, 4.69) is 5.32 Å². The molecule has 0 spiro atoms. The summed E-state index contributed by atoms with van der Waals surface area (Å²) in [6.07, 6.45) is 4.31. The molecule has 116 valence electrons. The summed E-state index contributed by atoms with van der Waals surface area (Å²) in [5.41, 5.74) is 6.47. The van der Waals surface area contributed by atoms with Crippen LogP contribution < -0.4 is 20.5 Å². The number of hydrogen-bond donors (Lipinski definition) is 2. The minimum absolute atomic E-state index is 0.0399. The van der Waals surface area contributed by atoms with Crippen molar-refractivity contribution in [2.75, 3.05) is 20.8 Å². The van der Waals surface area contributed by atoms with E-state index in [0.29, 0.717) is 13.0 Å². The molecule has 0 heterocycles. The van der Waals surface area contributed by atoms with Crippen molar-refractivity contribution in [2.24, 2.45) is 5.73 Å². The lowest BCUT2D eigenvalue weighted by Crippen LogP contribution is -2.52. The van der Waals surface area contributed by atoms with Gasteiger partial charge in [-0.3, -0.25) is 4.79 Å². The van der Waals surface area contributed by atoms with E-state index < -0.39 is 5.54 Å². The highest BCUT2D eigenvalue weighted by Gasteiger charge is 2.36. The lowest BCUT2D eigenvalue weighted by molar-refractivity contribution is -0.126. The van der Waals surface area contributed by atoms with E-state index in [0.717, 1.165) is 42.7 Å². The molecule has 5 heteroatoms. The molecular formula is C16H24N2O3. The quantitative estimate of drug-likeness (QED) is 0.836. The molecule has 1 aliphatic carbocycles. The summed E-state index contributed by atoms with van der Waals surface area (Å²) >= 11 is 0. The summed E-state index contributed by atoms with van der Waals surface area (Å²) in [6, 6.07) is 5.66. The number of carbonyl (C=O) groups excluding carboxylic acids is 1. The van der Waals surface area contributed by atoms with E-state index in [1.807, 2.05) is 18.2 Å². The third kappa shape index (κ3) is 3.67. The molecule has 1 amide bonds. The molecule has 0 bridgehead atoms. The summed E-state index contributed by atoms with van der Waals surface area (Å²) in [5, 5.41) is 2.94. The van der Waals surface area contributed by atoms with Crippen molar-refractivity contribution in [3.05, 3.63) is 23.8 Å². The van der Waals surface area contributed by atoms with Crippen LogP contribution in [0.3, 0.4) is 0 Å². The predicted octanol–water partition coefficient (Wildman–Crippen LogP) is 1.63. The Labute approximate surface area is 125 Å². The average molecular weight is 292 g/mol. The lowest BCUT2D eigenvalue weighted by atomic mass is 9.98. The normalized spacial score (nSPS) is 16.5. The van der Waals surface area contributed by atoms with Gasteiger partial charge in [0.25, 0.3) is 0 Å². The van der Waals surface area contributed by atoms with Gasteiger partial charge in [0.1, 0.15) is 11.5 Å². The van der Waals surface area contributed by atoms with Crippen LogP contribution in [0.4, 0.5) is 0 Å². The molecule has 5 nitrogen and oxygen atoms in total. The van der Waals surface area contributed by atoms with Crippen molar-refractivity contribution < 1.29 is 14.3 Å². The number of hydrogen-bond acceptors (Lipinski definition) is 4. The van der Waals surface area contributed by atoms with Crippen LogP contribution in [0.15, 0.2) is 18.2 Å². The van der Waals surface area contributed by atoms with Gasteiger partial charge in [-0.25, -0.2) is 0 Å². The van der Waals surface area contributed by atoms with Crippen molar-refractivity contribution in [2.45, 2.75) is 37.6 Å². The van der Waals surface area contributed by atoms with Crippen molar-refractivity contribution in [3.63, 3.8) is 0 Å². The standard InChI is InChI=1S/C16H24N2O3/c1-20-13-5-6-14(21-2)12(11-13)7-10-18-15(19)16(17)8-3-4-9-16/h5-6,11H,3-4,7-10,17H2,1-2H3,(H,18,19). The Morgan fingerprint density at radius 1 is 1.29 bits per heavy atom. The van der Waals surface area contributed by atoms with Crippen LogP contribution in [0.5, 0.6) is 11.5 Å². The van der Waals surface area contributed by atoms with Gasteiger partial charge in [0.2, 0.25) is 5.91 Å². The molecule has 0 radical (unpaired) electrons. The first-order chi connectivity index (χ1) is 10.1. The van der Waals surface area contributed by atoms with Crippen LogP contribution in [0.1, 0.15) is 31.2 Å². The van der Waals surface area contributed by atoms with Crippen LogP contribution >= 0.6 is 0 Å². The number of amides is 1. The summed E-state index contributed by atoms with van der Waals surface area (Å²) < 4.78 is 10.5. The lowest BCUT2D eigenvalue weighted by Gasteiger charge is -2.22. The highest BCUT2D eigenvalue weighted by molar-refractivity contribution is 5.86. The highest BCUT2D eigenvalue weighted by Crippen LogP contribution is 2.27. The van der Waals surface area contributed by atoms with Gasteiger partial charge in [-0.05, 0) is 43.0 Å². The number of benzene rings is 1. The Morgan fingerprint density at radius 2 is 2.00 bits per heavy atom. The fourth-order valence-corrected chi connectivity index (χ4v) is 2.80. The number of rotatable bonds is 6. The SMILES string of the molecule is COc1ccc(OC)c(CCNC(=O)C2(N)CCCC2)c1. The second kappa shape index (κ2) is 6.80. The maximum Gasteiger partial charge on any atom is 0.240 e. The molecule has 3 N–H and O–H groups in total. The van der Waals surface area contributed by atoms with Crippen LogP contribution in [0.2, 0.25) is 0 Å². The van der Waals surface area contributed by atoms with E-state index in [9.17, 15) is 4.79 Å². The zero-order valence-electron chi connectivity index (χ0n) is 12.8. The van der Waals surface area contributed by atoms with Crippen LogP contribution in [-0.2, 0) is 11.2 Å². The second-order valence-electron chi connectivity index (χ2n) is 5.55. The molecule has 0 aromatic heterocycles. The highest BCUT2D eigenvalue weighted by atomic mass is 16.5. The molecule has 1 saturated carbocycles. The summed E-state index contributed by atoms with van der Waals surface area (Å²) in [6.45, 7) is 0.543. The first-order valence-electron chi connectivity index (χ1n) is 7.37. The van der Waals surface area contributed by atoms with Gasteiger partial charge in [-0.1, -0.05) is 12.8 Å². The van der Waals surface area contributed by atoms with Gasteiger partial charge in [0.05, 0.1) is 19.8 Å². The van der Waals surface area contributed by atoms with Gasteiger partial charge >= 0.3 is 0 Å². The first-order valence-corrected chi connectivity index (χ1v) is 7.37. The van der Waals surface area contributed by atoms with Crippen molar-refractivity contribution in [1.29, 1.82) is 0 Å². The maximum absolute atomic E-state index is 12.1.